The number of nitrogens with zero attached hydrogens (tertiary/aromatic N) is 1. The number of halogens is 1. The number of hydrogen-bond donors (Lipinski definition) is 1. The number of nitro benzene ring substituents is 1. The number of benzene rings is 1. The Morgan fingerprint density at radius 3 is 2.72 bits per heavy atom. The van der Waals surface area contributed by atoms with Gasteiger partial charge in [-0.3, -0.25) is 10.1 Å². The third-order valence-corrected chi connectivity index (χ3v) is 3.75. The Labute approximate surface area is 116 Å². The lowest BCUT2D eigenvalue weighted by atomic mass is 10.1. The molecule has 1 unspecified atom stereocenters. The van der Waals surface area contributed by atoms with Gasteiger partial charge in [0.15, 0.2) is 0 Å². The Balaban J connectivity index is 2.97. The Morgan fingerprint density at radius 1 is 1.56 bits per heavy atom. The average Bonchev–Trinajstić information content (AvgIpc) is 2.32. The standard InChI is InChI=1S/C12H17ClN2O2S/c1-4-9(7-18-3)14-11-6-10(13)12(15(16)17)5-8(11)2/h5-6,9,14H,4,7H2,1-3H3. The predicted molar refractivity (Wildman–Crippen MR) is 78.9 cm³/mol. The lowest BCUT2D eigenvalue weighted by Gasteiger charge is -2.19. The van der Waals surface area contributed by atoms with Gasteiger partial charge in [-0.2, -0.15) is 11.8 Å². The summed E-state index contributed by atoms with van der Waals surface area (Å²) in [7, 11) is 0. The molecule has 0 radical (unpaired) electrons. The fraction of sp³-hybridized carbons (Fsp3) is 0.500. The number of nitro groups is 1. The summed E-state index contributed by atoms with van der Waals surface area (Å²) < 4.78 is 0. The first-order valence-corrected chi connectivity index (χ1v) is 7.46. The van der Waals surface area contributed by atoms with Crippen LogP contribution >= 0.6 is 23.4 Å². The first kappa shape index (κ1) is 15.1. The molecule has 1 atom stereocenters. The van der Waals surface area contributed by atoms with Crippen LogP contribution in [-0.2, 0) is 0 Å². The van der Waals surface area contributed by atoms with Gasteiger partial charge in [0.1, 0.15) is 5.02 Å². The molecule has 4 nitrogen and oxygen atoms in total. The Bertz CT molecular complexity index is 440. The van der Waals surface area contributed by atoms with Crippen LogP contribution in [-0.4, -0.2) is 23.0 Å². The van der Waals surface area contributed by atoms with E-state index >= 15 is 0 Å². The molecule has 1 N–H and O–H groups in total. The summed E-state index contributed by atoms with van der Waals surface area (Å²) in [6, 6.07) is 3.49. The molecule has 1 rings (SSSR count). The molecule has 6 heteroatoms. The van der Waals surface area contributed by atoms with Crippen LogP contribution in [0, 0.1) is 17.0 Å². The molecule has 0 aromatic heterocycles. The molecule has 0 amide bonds. The second-order valence-electron chi connectivity index (χ2n) is 4.08. The number of rotatable bonds is 6. The third kappa shape index (κ3) is 3.78. The van der Waals surface area contributed by atoms with Gasteiger partial charge in [-0.1, -0.05) is 18.5 Å². The first-order valence-electron chi connectivity index (χ1n) is 5.69. The summed E-state index contributed by atoms with van der Waals surface area (Å²) in [5.41, 5.74) is 1.66. The minimum Gasteiger partial charge on any atom is -0.381 e. The van der Waals surface area contributed by atoms with Crippen molar-refractivity contribution in [2.45, 2.75) is 26.3 Å². The van der Waals surface area contributed by atoms with Crippen LogP contribution in [0.5, 0.6) is 0 Å². The van der Waals surface area contributed by atoms with E-state index in [0.29, 0.717) is 6.04 Å². The molecule has 0 fully saturated rings. The number of thioether (sulfide) groups is 1. The summed E-state index contributed by atoms with van der Waals surface area (Å²) >= 11 is 7.68. The van der Waals surface area contributed by atoms with Gasteiger partial charge in [0.2, 0.25) is 0 Å². The summed E-state index contributed by atoms with van der Waals surface area (Å²) in [5.74, 6) is 0.991. The fourth-order valence-corrected chi connectivity index (χ4v) is 2.60. The van der Waals surface area contributed by atoms with E-state index in [0.717, 1.165) is 23.4 Å². The average molecular weight is 289 g/mol. The second kappa shape index (κ2) is 6.85. The molecule has 18 heavy (non-hydrogen) atoms. The molecular weight excluding hydrogens is 272 g/mol. The smallest absolute Gasteiger partial charge is 0.288 e. The van der Waals surface area contributed by atoms with Gasteiger partial charge in [0.05, 0.1) is 4.92 Å². The monoisotopic (exact) mass is 288 g/mol. The van der Waals surface area contributed by atoms with Gasteiger partial charge < -0.3 is 5.32 Å². The van der Waals surface area contributed by atoms with Gasteiger partial charge in [-0.25, -0.2) is 0 Å². The summed E-state index contributed by atoms with van der Waals surface area (Å²) in [5, 5.41) is 14.3. The first-order chi connectivity index (χ1) is 8.49. The molecule has 100 valence electrons. The van der Waals surface area contributed by atoms with Crippen molar-refractivity contribution in [3.05, 3.63) is 32.8 Å². The minimum absolute atomic E-state index is 0.0439. The molecule has 0 spiro atoms. The van der Waals surface area contributed by atoms with E-state index in [1.54, 1.807) is 17.8 Å². The zero-order valence-corrected chi connectivity index (χ0v) is 12.3. The highest BCUT2D eigenvalue weighted by Crippen LogP contribution is 2.31. The summed E-state index contributed by atoms with van der Waals surface area (Å²) in [6.45, 7) is 3.95. The van der Waals surface area contributed by atoms with Crippen LogP contribution in [0.3, 0.4) is 0 Å². The van der Waals surface area contributed by atoms with Crippen molar-refractivity contribution in [1.29, 1.82) is 0 Å². The third-order valence-electron chi connectivity index (χ3n) is 2.71. The highest BCUT2D eigenvalue weighted by atomic mass is 35.5. The van der Waals surface area contributed by atoms with E-state index in [4.69, 9.17) is 11.6 Å². The Kier molecular flexibility index (Phi) is 5.75. The molecule has 1 aromatic rings. The van der Waals surface area contributed by atoms with Crippen LogP contribution in [0.2, 0.25) is 5.02 Å². The van der Waals surface area contributed by atoms with Crippen molar-refractivity contribution in [2.75, 3.05) is 17.3 Å². The molecule has 0 saturated heterocycles. The maximum atomic E-state index is 10.8. The highest BCUT2D eigenvalue weighted by molar-refractivity contribution is 7.98. The molecule has 0 aliphatic rings. The second-order valence-corrected chi connectivity index (χ2v) is 5.40. The highest BCUT2D eigenvalue weighted by Gasteiger charge is 2.16. The van der Waals surface area contributed by atoms with Gasteiger partial charge in [-0.15, -0.1) is 0 Å². The van der Waals surface area contributed by atoms with E-state index in [-0.39, 0.29) is 10.7 Å². The number of anilines is 1. The molecule has 0 heterocycles. The molecular formula is C12H17ClN2O2S. The van der Waals surface area contributed by atoms with Crippen molar-refractivity contribution in [2.24, 2.45) is 0 Å². The van der Waals surface area contributed by atoms with E-state index in [1.807, 2.05) is 6.92 Å². The van der Waals surface area contributed by atoms with Crippen molar-refractivity contribution < 1.29 is 4.92 Å². The molecule has 0 bridgehead atoms. The van der Waals surface area contributed by atoms with E-state index in [1.165, 1.54) is 6.07 Å². The van der Waals surface area contributed by atoms with Gasteiger partial charge >= 0.3 is 0 Å². The summed E-state index contributed by atoms with van der Waals surface area (Å²) in [6.07, 6.45) is 3.05. The normalized spacial score (nSPS) is 12.2. The van der Waals surface area contributed by atoms with Crippen LogP contribution in [0.15, 0.2) is 12.1 Å². The molecule has 1 aromatic carbocycles. The Morgan fingerprint density at radius 2 is 2.22 bits per heavy atom. The topological polar surface area (TPSA) is 55.2 Å². The molecule has 0 aliphatic heterocycles. The molecule has 0 saturated carbocycles. The lowest BCUT2D eigenvalue weighted by Crippen LogP contribution is -2.21. The predicted octanol–water partition coefficient (Wildman–Crippen LogP) is 4.11. The van der Waals surface area contributed by atoms with Crippen molar-refractivity contribution >= 4 is 34.7 Å². The minimum atomic E-state index is -0.460. The number of nitrogens with one attached hydrogen (secondary N) is 1. The van der Waals surface area contributed by atoms with Gasteiger partial charge in [0.25, 0.3) is 5.69 Å². The molecule has 0 aliphatic carbocycles. The van der Waals surface area contributed by atoms with Gasteiger partial charge in [0, 0.05) is 23.5 Å². The van der Waals surface area contributed by atoms with Crippen molar-refractivity contribution in [1.82, 2.24) is 0 Å². The maximum Gasteiger partial charge on any atom is 0.288 e. The van der Waals surface area contributed by atoms with Crippen LogP contribution in [0.25, 0.3) is 0 Å². The van der Waals surface area contributed by atoms with Gasteiger partial charge in [-0.05, 0) is 31.2 Å². The fourth-order valence-electron chi connectivity index (χ4n) is 1.64. The number of hydrogen-bond acceptors (Lipinski definition) is 4. The van der Waals surface area contributed by atoms with E-state index < -0.39 is 4.92 Å². The SMILES string of the molecule is CCC(CSC)Nc1cc(Cl)c([N+](=O)[O-])cc1C. The zero-order chi connectivity index (χ0) is 13.7. The van der Waals surface area contributed by atoms with Crippen LogP contribution in [0.4, 0.5) is 11.4 Å². The van der Waals surface area contributed by atoms with E-state index in [9.17, 15) is 10.1 Å². The largest absolute Gasteiger partial charge is 0.381 e. The maximum absolute atomic E-state index is 10.8. The number of aryl methyl sites for hydroxylation is 1. The van der Waals surface area contributed by atoms with Crippen LogP contribution in [0.1, 0.15) is 18.9 Å². The quantitative estimate of drug-likeness (QED) is 0.632. The van der Waals surface area contributed by atoms with Crippen molar-refractivity contribution in [3.63, 3.8) is 0 Å². The lowest BCUT2D eigenvalue weighted by molar-refractivity contribution is -0.384. The zero-order valence-electron chi connectivity index (χ0n) is 10.7. The van der Waals surface area contributed by atoms with Crippen LogP contribution < -0.4 is 5.32 Å². The Hall–Kier alpha value is -0.940. The summed E-state index contributed by atoms with van der Waals surface area (Å²) in [4.78, 5) is 10.3. The van der Waals surface area contributed by atoms with Crippen molar-refractivity contribution in [3.8, 4) is 0 Å². The van der Waals surface area contributed by atoms with E-state index in [2.05, 4.69) is 18.5 Å².